The molecule has 0 radical (unpaired) electrons. The topological polar surface area (TPSA) is 40.5 Å². The SMILES string of the molecule is C=CC(=O)N(C)C12CC3CC(C1)C(O)(C3)C2. The third-order valence-electron chi connectivity index (χ3n) is 5.17. The van der Waals surface area contributed by atoms with E-state index in [1.54, 1.807) is 0 Å². The molecular formula is C13H19NO2. The van der Waals surface area contributed by atoms with E-state index in [-0.39, 0.29) is 11.4 Å². The lowest BCUT2D eigenvalue weighted by Gasteiger charge is -2.45. The van der Waals surface area contributed by atoms with Gasteiger partial charge in [0.1, 0.15) is 0 Å². The van der Waals surface area contributed by atoms with Gasteiger partial charge < -0.3 is 10.0 Å². The highest BCUT2D eigenvalue weighted by molar-refractivity contribution is 5.87. The molecule has 4 rings (SSSR count). The molecule has 0 aliphatic heterocycles. The van der Waals surface area contributed by atoms with Crippen LogP contribution in [-0.2, 0) is 4.79 Å². The van der Waals surface area contributed by atoms with Crippen molar-refractivity contribution in [1.82, 2.24) is 4.90 Å². The van der Waals surface area contributed by atoms with Crippen LogP contribution in [0.25, 0.3) is 0 Å². The summed E-state index contributed by atoms with van der Waals surface area (Å²) in [4.78, 5) is 13.6. The minimum Gasteiger partial charge on any atom is -0.389 e. The number of amides is 1. The molecule has 4 aliphatic rings. The van der Waals surface area contributed by atoms with Crippen molar-refractivity contribution in [2.45, 2.75) is 43.2 Å². The molecule has 1 amide bonds. The molecule has 3 nitrogen and oxygen atoms in total. The average Bonchev–Trinajstić information content (AvgIpc) is 2.58. The monoisotopic (exact) mass is 221 g/mol. The number of nitrogens with zero attached hydrogens (tertiary/aromatic N) is 1. The van der Waals surface area contributed by atoms with Crippen LogP contribution in [-0.4, -0.2) is 34.1 Å². The Balaban J connectivity index is 1.92. The van der Waals surface area contributed by atoms with Crippen molar-refractivity contribution in [3.8, 4) is 0 Å². The van der Waals surface area contributed by atoms with Crippen molar-refractivity contribution >= 4 is 5.91 Å². The number of carbonyl (C=O) groups is 1. The summed E-state index contributed by atoms with van der Waals surface area (Å²) in [7, 11) is 1.86. The van der Waals surface area contributed by atoms with Crippen LogP contribution in [0.1, 0.15) is 32.1 Å². The number of carbonyl (C=O) groups excluding carboxylic acids is 1. The molecule has 0 heterocycles. The number of rotatable bonds is 2. The minimum absolute atomic E-state index is 0.00875. The van der Waals surface area contributed by atoms with Gasteiger partial charge >= 0.3 is 0 Å². The van der Waals surface area contributed by atoms with E-state index in [4.69, 9.17) is 0 Å². The fourth-order valence-electron chi connectivity index (χ4n) is 4.57. The van der Waals surface area contributed by atoms with Crippen LogP contribution in [0.4, 0.5) is 0 Å². The molecule has 0 saturated heterocycles. The smallest absolute Gasteiger partial charge is 0.246 e. The molecule has 88 valence electrons. The molecule has 1 N–H and O–H groups in total. The molecule has 4 fully saturated rings. The molecular weight excluding hydrogens is 202 g/mol. The van der Waals surface area contributed by atoms with E-state index in [9.17, 15) is 9.90 Å². The Hall–Kier alpha value is -0.830. The van der Waals surface area contributed by atoms with Crippen molar-refractivity contribution in [3.63, 3.8) is 0 Å². The van der Waals surface area contributed by atoms with Crippen molar-refractivity contribution in [1.29, 1.82) is 0 Å². The predicted molar refractivity (Wildman–Crippen MR) is 60.7 cm³/mol. The number of likely N-dealkylation sites (N-methyl/N-ethyl adjacent to an activating group) is 1. The maximum Gasteiger partial charge on any atom is 0.246 e. The maximum absolute atomic E-state index is 11.7. The Morgan fingerprint density at radius 3 is 2.81 bits per heavy atom. The molecule has 0 spiro atoms. The van der Waals surface area contributed by atoms with Crippen LogP contribution < -0.4 is 0 Å². The zero-order chi connectivity index (χ0) is 11.6. The van der Waals surface area contributed by atoms with Crippen molar-refractivity contribution in [2.75, 3.05) is 7.05 Å². The normalized spacial score (nSPS) is 48.4. The summed E-state index contributed by atoms with van der Waals surface area (Å²) < 4.78 is 0. The minimum atomic E-state index is -0.474. The lowest BCUT2D eigenvalue weighted by molar-refractivity contribution is -0.133. The van der Waals surface area contributed by atoms with Crippen LogP contribution in [0.2, 0.25) is 0 Å². The van der Waals surface area contributed by atoms with E-state index in [2.05, 4.69) is 6.58 Å². The Morgan fingerprint density at radius 1 is 1.50 bits per heavy atom. The fraction of sp³-hybridized carbons (Fsp3) is 0.769. The Kier molecular flexibility index (Phi) is 1.87. The number of hydrogen-bond acceptors (Lipinski definition) is 2. The first-order chi connectivity index (χ1) is 7.49. The Labute approximate surface area is 96.1 Å². The van der Waals surface area contributed by atoms with Gasteiger partial charge in [-0.05, 0) is 50.0 Å². The Bertz CT molecular complexity index is 367. The standard InChI is InChI=1S/C13H19NO2/c1-3-11(15)14(2)12-5-9-4-10(7-12)13(16,6-9)8-12/h3,9-10,16H,1,4-8H2,2H3. The molecule has 4 bridgehead atoms. The molecule has 0 aromatic carbocycles. The molecule has 4 saturated carbocycles. The van der Waals surface area contributed by atoms with Crippen LogP contribution >= 0.6 is 0 Å². The lowest BCUT2D eigenvalue weighted by atomic mass is 9.74. The predicted octanol–water partition coefficient (Wildman–Crippen LogP) is 1.32. The van der Waals surface area contributed by atoms with E-state index in [1.165, 1.54) is 6.08 Å². The molecule has 4 aliphatic carbocycles. The zero-order valence-corrected chi connectivity index (χ0v) is 9.78. The summed E-state index contributed by atoms with van der Waals surface area (Å²) >= 11 is 0. The van der Waals surface area contributed by atoms with Crippen LogP contribution in [0.3, 0.4) is 0 Å². The van der Waals surface area contributed by atoms with Crippen molar-refractivity contribution in [2.24, 2.45) is 11.8 Å². The molecule has 0 aromatic rings. The van der Waals surface area contributed by atoms with Gasteiger partial charge in [0.15, 0.2) is 0 Å². The highest BCUT2D eigenvalue weighted by atomic mass is 16.3. The first kappa shape index (κ1) is 10.3. The highest BCUT2D eigenvalue weighted by Crippen LogP contribution is 2.63. The van der Waals surface area contributed by atoms with E-state index >= 15 is 0 Å². The molecule has 16 heavy (non-hydrogen) atoms. The molecule has 4 unspecified atom stereocenters. The van der Waals surface area contributed by atoms with E-state index < -0.39 is 5.60 Å². The summed E-state index contributed by atoms with van der Waals surface area (Å²) in [5.41, 5.74) is -0.551. The van der Waals surface area contributed by atoms with Gasteiger partial charge in [-0.25, -0.2) is 0 Å². The molecule has 0 aromatic heterocycles. The first-order valence-electron chi connectivity index (χ1n) is 6.12. The second-order valence-electron chi connectivity index (χ2n) is 6.02. The first-order valence-corrected chi connectivity index (χ1v) is 6.12. The number of aliphatic hydroxyl groups is 1. The van der Waals surface area contributed by atoms with Gasteiger partial charge in [-0.1, -0.05) is 6.58 Å². The largest absolute Gasteiger partial charge is 0.389 e. The highest BCUT2D eigenvalue weighted by Gasteiger charge is 2.65. The van der Waals surface area contributed by atoms with Crippen LogP contribution in [0, 0.1) is 11.8 Å². The molecule has 3 heteroatoms. The van der Waals surface area contributed by atoms with Gasteiger partial charge in [0.05, 0.1) is 5.60 Å². The van der Waals surface area contributed by atoms with Gasteiger partial charge in [-0.3, -0.25) is 4.79 Å². The van der Waals surface area contributed by atoms with Gasteiger partial charge in [-0.15, -0.1) is 0 Å². The average molecular weight is 221 g/mol. The van der Waals surface area contributed by atoms with E-state index in [1.807, 2.05) is 11.9 Å². The van der Waals surface area contributed by atoms with Gasteiger partial charge in [0.2, 0.25) is 5.91 Å². The lowest BCUT2D eigenvalue weighted by Crippen LogP contribution is -2.52. The van der Waals surface area contributed by atoms with Gasteiger partial charge in [0.25, 0.3) is 0 Å². The van der Waals surface area contributed by atoms with Gasteiger partial charge in [-0.2, -0.15) is 0 Å². The quantitative estimate of drug-likeness (QED) is 0.714. The zero-order valence-electron chi connectivity index (χ0n) is 9.78. The third kappa shape index (κ3) is 1.10. The third-order valence-corrected chi connectivity index (χ3v) is 5.17. The fourth-order valence-corrected chi connectivity index (χ4v) is 4.57. The van der Waals surface area contributed by atoms with Crippen molar-refractivity contribution in [3.05, 3.63) is 12.7 Å². The molecule has 4 atom stereocenters. The maximum atomic E-state index is 11.7. The summed E-state index contributed by atoms with van der Waals surface area (Å²) in [5.74, 6) is 1.04. The second-order valence-corrected chi connectivity index (χ2v) is 6.02. The summed E-state index contributed by atoms with van der Waals surface area (Å²) in [6.45, 7) is 3.55. The van der Waals surface area contributed by atoms with Crippen LogP contribution in [0.15, 0.2) is 12.7 Å². The Morgan fingerprint density at radius 2 is 2.25 bits per heavy atom. The van der Waals surface area contributed by atoms with Crippen LogP contribution in [0.5, 0.6) is 0 Å². The summed E-state index contributed by atoms with van der Waals surface area (Å²) in [6.07, 6.45) is 6.32. The van der Waals surface area contributed by atoms with Crippen molar-refractivity contribution < 1.29 is 9.90 Å². The van der Waals surface area contributed by atoms with E-state index in [0.29, 0.717) is 11.8 Å². The van der Waals surface area contributed by atoms with E-state index in [0.717, 1.165) is 32.1 Å². The van der Waals surface area contributed by atoms with Gasteiger partial charge in [0, 0.05) is 12.6 Å². The number of hydrogen-bond donors (Lipinski definition) is 1. The summed E-state index contributed by atoms with van der Waals surface area (Å²) in [5, 5.41) is 10.5. The second kappa shape index (κ2) is 2.89. The summed E-state index contributed by atoms with van der Waals surface area (Å²) in [6, 6.07) is 0.